The summed E-state index contributed by atoms with van der Waals surface area (Å²) in [7, 11) is 0. The van der Waals surface area contributed by atoms with E-state index in [1.165, 1.54) is 6.33 Å². The minimum Gasteiger partial charge on any atom is -0.508 e. The van der Waals surface area contributed by atoms with Crippen molar-refractivity contribution in [1.82, 2.24) is 15.3 Å². The molecule has 2 aromatic rings. The third kappa shape index (κ3) is 3.36. The van der Waals surface area contributed by atoms with E-state index in [9.17, 15) is 15.0 Å². The van der Waals surface area contributed by atoms with Gasteiger partial charge in [0, 0.05) is 29.9 Å². The molecule has 0 fully saturated rings. The molecule has 2 unspecified atom stereocenters. The van der Waals surface area contributed by atoms with Crippen molar-refractivity contribution in [3.8, 4) is 5.75 Å². The Morgan fingerprint density at radius 1 is 1.45 bits per heavy atom. The minimum atomic E-state index is -0.943. The number of para-hydroxylation sites is 1. The van der Waals surface area contributed by atoms with Crippen molar-refractivity contribution in [2.45, 2.75) is 25.4 Å². The average Bonchev–Trinajstić information content (AvgIpc) is 2.91. The molecule has 0 radical (unpaired) electrons. The van der Waals surface area contributed by atoms with Gasteiger partial charge < -0.3 is 15.2 Å². The number of hydrogen-bond acceptors (Lipinski definition) is 4. The van der Waals surface area contributed by atoms with E-state index < -0.39 is 12.0 Å². The number of nitrogens with zero attached hydrogens (tertiary/aromatic N) is 1. The first kappa shape index (κ1) is 14.1. The quantitative estimate of drug-likeness (QED) is 0.640. The first-order valence-corrected chi connectivity index (χ1v) is 6.32. The van der Waals surface area contributed by atoms with Crippen molar-refractivity contribution in [3.63, 3.8) is 0 Å². The van der Waals surface area contributed by atoms with Gasteiger partial charge in [-0.3, -0.25) is 10.1 Å². The Bertz CT molecular complexity index is 569. The topological polar surface area (TPSA) is 98.2 Å². The van der Waals surface area contributed by atoms with Crippen LogP contribution in [0.25, 0.3) is 0 Å². The molecular weight excluding hydrogens is 258 g/mol. The van der Waals surface area contributed by atoms with Crippen LogP contribution in [0.3, 0.4) is 0 Å². The Labute approximate surface area is 116 Å². The summed E-state index contributed by atoms with van der Waals surface area (Å²) in [5.74, 6) is -0.792. The molecule has 0 amide bonds. The summed E-state index contributed by atoms with van der Waals surface area (Å²) in [6.07, 6.45) is 3.41. The minimum absolute atomic E-state index is 0.151. The van der Waals surface area contributed by atoms with Crippen molar-refractivity contribution < 1.29 is 15.0 Å². The molecule has 0 bridgehead atoms. The van der Waals surface area contributed by atoms with Gasteiger partial charge in [0.15, 0.2) is 0 Å². The van der Waals surface area contributed by atoms with Crippen LogP contribution in [0.2, 0.25) is 0 Å². The third-order valence-corrected chi connectivity index (χ3v) is 3.13. The van der Waals surface area contributed by atoms with Crippen LogP contribution >= 0.6 is 0 Å². The number of rotatable bonds is 6. The fourth-order valence-electron chi connectivity index (χ4n) is 2.08. The molecule has 0 aliphatic heterocycles. The number of benzene rings is 1. The van der Waals surface area contributed by atoms with Gasteiger partial charge in [0.25, 0.3) is 0 Å². The molecular formula is C14H17N3O3. The standard InChI is InChI=1S/C14H17N3O3/c1-9(11-4-2-3-5-13(11)18)17-12(14(19)20)6-10-7-15-8-16-10/h2-5,7-9,12,17-18H,6H2,1H3,(H,15,16)(H,19,20). The summed E-state index contributed by atoms with van der Waals surface area (Å²) in [5, 5.41) is 22.1. The number of imidazole rings is 1. The lowest BCUT2D eigenvalue weighted by atomic mass is 10.0. The van der Waals surface area contributed by atoms with Crippen molar-refractivity contribution in [1.29, 1.82) is 0 Å². The number of carbonyl (C=O) groups is 1. The molecule has 0 saturated carbocycles. The number of carboxylic acids is 1. The zero-order valence-electron chi connectivity index (χ0n) is 11.1. The molecule has 1 aromatic carbocycles. The number of carboxylic acid groups (broad SMARTS) is 1. The summed E-state index contributed by atoms with van der Waals surface area (Å²) in [6.45, 7) is 1.82. The van der Waals surface area contributed by atoms with Crippen LogP contribution in [0.15, 0.2) is 36.8 Å². The highest BCUT2D eigenvalue weighted by Crippen LogP contribution is 2.23. The Hall–Kier alpha value is -2.34. The first-order valence-electron chi connectivity index (χ1n) is 6.32. The van der Waals surface area contributed by atoms with Crippen LogP contribution in [0.5, 0.6) is 5.75 Å². The zero-order chi connectivity index (χ0) is 14.5. The molecule has 0 spiro atoms. The van der Waals surface area contributed by atoms with Crippen molar-refractivity contribution in [3.05, 3.63) is 48.0 Å². The largest absolute Gasteiger partial charge is 0.508 e. The molecule has 0 saturated heterocycles. The van der Waals surface area contributed by atoms with Crippen LogP contribution in [0.1, 0.15) is 24.2 Å². The van der Waals surface area contributed by atoms with Gasteiger partial charge in [0.05, 0.1) is 6.33 Å². The summed E-state index contributed by atoms with van der Waals surface area (Å²) in [4.78, 5) is 18.1. The molecule has 1 aromatic heterocycles. The molecule has 0 aliphatic rings. The Balaban J connectivity index is 2.08. The second-order valence-electron chi connectivity index (χ2n) is 4.62. The molecule has 4 N–H and O–H groups in total. The van der Waals surface area contributed by atoms with E-state index in [1.807, 2.05) is 6.92 Å². The lowest BCUT2D eigenvalue weighted by Crippen LogP contribution is -2.40. The maximum Gasteiger partial charge on any atom is 0.321 e. The normalized spacial score (nSPS) is 13.8. The highest BCUT2D eigenvalue weighted by Gasteiger charge is 2.22. The number of aromatic hydroxyl groups is 1. The molecule has 6 nitrogen and oxygen atoms in total. The number of phenolic OH excluding ortho intramolecular Hbond substituents is 1. The van der Waals surface area contributed by atoms with Gasteiger partial charge in [-0.25, -0.2) is 4.98 Å². The van der Waals surface area contributed by atoms with E-state index >= 15 is 0 Å². The fraction of sp³-hybridized carbons (Fsp3) is 0.286. The van der Waals surface area contributed by atoms with Crippen molar-refractivity contribution >= 4 is 5.97 Å². The van der Waals surface area contributed by atoms with Gasteiger partial charge in [0.2, 0.25) is 0 Å². The number of aromatic nitrogens is 2. The van der Waals surface area contributed by atoms with E-state index in [0.29, 0.717) is 12.0 Å². The molecule has 20 heavy (non-hydrogen) atoms. The highest BCUT2D eigenvalue weighted by molar-refractivity contribution is 5.73. The van der Waals surface area contributed by atoms with Gasteiger partial charge in [0.1, 0.15) is 11.8 Å². The van der Waals surface area contributed by atoms with Crippen LogP contribution in [-0.4, -0.2) is 32.2 Å². The molecule has 0 aliphatic carbocycles. The predicted octanol–water partition coefficient (Wildman–Crippen LogP) is 1.46. The van der Waals surface area contributed by atoms with E-state index in [4.69, 9.17) is 0 Å². The van der Waals surface area contributed by atoms with Crippen molar-refractivity contribution in [2.24, 2.45) is 0 Å². The van der Waals surface area contributed by atoms with Gasteiger partial charge in [-0.1, -0.05) is 18.2 Å². The lowest BCUT2D eigenvalue weighted by Gasteiger charge is -2.20. The smallest absolute Gasteiger partial charge is 0.321 e. The number of H-pyrrole nitrogens is 1. The number of hydrogen-bond donors (Lipinski definition) is 4. The van der Waals surface area contributed by atoms with Crippen molar-refractivity contribution in [2.75, 3.05) is 0 Å². The number of nitrogens with one attached hydrogen (secondary N) is 2. The van der Waals surface area contributed by atoms with E-state index in [2.05, 4.69) is 15.3 Å². The van der Waals surface area contributed by atoms with Gasteiger partial charge in [-0.2, -0.15) is 0 Å². The SMILES string of the molecule is CC(NC(Cc1cnc[nH]1)C(=O)O)c1ccccc1O. The summed E-state index contributed by atoms with van der Waals surface area (Å²) in [5.41, 5.74) is 1.41. The summed E-state index contributed by atoms with van der Waals surface area (Å²) < 4.78 is 0. The lowest BCUT2D eigenvalue weighted by molar-refractivity contribution is -0.139. The van der Waals surface area contributed by atoms with Crippen LogP contribution in [0, 0.1) is 0 Å². The van der Waals surface area contributed by atoms with Gasteiger partial charge in [-0.05, 0) is 13.0 Å². The summed E-state index contributed by atoms with van der Waals surface area (Å²) >= 11 is 0. The molecule has 1 heterocycles. The Morgan fingerprint density at radius 3 is 2.80 bits per heavy atom. The van der Waals surface area contributed by atoms with Crippen LogP contribution in [-0.2, 0) is 11.2 Å². The molecule has 2 rings (SSSR count). The molecule has 106 valence electrons. The summed E-state index contributed by atoms with van der Waals surface area (Å²) in [6, 6.07) is 5.84. The van der Waals surface area contributed by atoms with E-state index in [1.54, 1.807) is 30.5 Å². The second kappa shape index (κ2) is 6.21. The maximum absolute atomic E-state index is 11.3. The Morgan fingerprint density at radius 2 is 2.20 bits per heavy atom. The molecule has 2 atom stereocenters. The van der Waals surface area contributed by atoms with Crippen LogP contribution < -0.4 is 5.32 Å². The number of aromatic amines is 1. The number of phenols is 1. The van der Waals surface area contributed by atoms with Gasteiger partial charge in [-0.15, -0.1) is 0 Å². The highest BCUT2D eigenvalue weighted by atomic mass is 16.4. The second-order valence-corrected chi connectivity index (χ2v) is 4.62. The number of aliphatic carboxylic acids is 1. The van der Waals surface area contributed by atoms with Gasteiger partial charge >= 0.3 is 5.97 Å². The van der Waals surface area contributed by atoms with Crippen LogP contribution in [0.4, 0.5) is 0 Å². The van der Waals surface area contributed by atoms with E-state index in [0.717, 1.165) is 5.69 Å². The van der Waals surface area contributed by atoms with E-state index in [-0.39, 0.29) is 11.8 Å². The Kier molecular flexibility index (Phi) is 4.37. The molecule has 6 heteroatoms. The fourth-order valence-corrected chi connectivity index (χ4v) is 2.08. The first-order chi connectivity index (χ1) is 9.58. The predicted molar refractivity (Wildman–Crippen MR) is 73.4 cm³/mol. The third-order valence-electron chi connectivity index (χ3n) is 3.13. The zero-order valence-corrected chi connectivity index (χ0v) is 11.1. The maximum atomic E-state index is 11.3. The average molecular weight is 275 g/mol. The monoisotopic (exact) mass is 275 g/mol.